The second kappa shape index (κ2) is 6.48. The number of fused-ring (bicyclic) bond motifs is 1. The van der Waals surface area contributed by atoms with Crippen molar-refractivity contribution in [1.29, 1.82) is 0 Å². The van der Waals surface area contributed by atoms with Crippen LogP contribution < -0.4 is 9.46 Å². The highest BCUT2D eigenvalue weighted by molar-refractivity contribution is 8.00. The number of aryl methyl sites for hydroxylation is 1. The number of ether oxygens (including phenoxy) is 1. The van der Waals surface area contributed by atoms with E-state index in [0.29, 0.717) is 5.75 Å². The molecule has 126 valence electrons. The largest absolute Gasteiger partial charge is 0.493 e. The van der Waals surface area contributed by atoms with E-state index >= 15 is 0 Å². The van der Waals surface area contributed by atoms with Crippen molar-refractivity contribution < 1.29 is 4.74 Å². The van der Waals surface area contributed by atoms with Crippen molar-refractivity contribution in [2.45, 2.75) is 4.90 Å². The van der Waals surface area contributed by atoms with Crippen molar-refractivity contribution in [2.75, 3.05) is 11.8 Å². The Balaban J connectivity index is 1.50. The van der Waals surface area contributed by atoms with E-state index in [1.807, 2.05) is 54.5 Å². The number of nitrogens with zero attached hydrogens (tertiary/aromatic N) is 5. The number of aromatic nitrogens is 5. The van der Waals surface area contributed by atoms with Crippen molar-refractivity contribution in [1.82, 2.24) is 24.5 Å². The Morgan fingerprint density at radius 2 is 2.00 bits per heavy atom. The van der Waals surface area contributed by atoms with Crippen molar-refractivity contribution in [3.63, 3.8) is 0 Å². The van der Waals surface area contributed by atoms with Crippen LogP contribution in [-0.2, 0) is 7.05 Å². The zero-order valence-electron chi connectivity index (χ0n) is 13.7. The van der Waals surface area contributed by atoms with Gasteiger partial charge < -0.3 is 9.46 Å². The van der Waals surface area contributed by atoms with Crippen LogP contribution in [0.25, 0.3) is 16.7 Å². The highest BCUT2D eigenvalue weighted by atomic mass is 32.2. The molecule has 3 aromatic heterocycles. The molecule has 0 aliphatic carbocycles. The maximum atomic E-state index is 5.13. The fourth-order valence-corrected chi connectivity index (χ4v) is 3.17. The Bertz CT molecular complexity index is 1010. The minimum atomic E-state index is 0.700. The van der Waals surface area contributed by atoms with Gasteiger partial charge in [0.2, 0.25) is 0 Å². The maximum absolute atomic E-state index is 5.13. The molecule has 1 aromatic carbocycles. The molecule has 0 atom stereocenters. The number of hydrogen-bond donors (Lipinski definition) is 1. The van der Waals surface area contributed by atoms with Gasteiger partial charge in [0, 0.05) is 23.5 Å². The van der Waals surface area contributed by atoms with Crippen molar-refractivity contribution in [3.8, 4) is 11.6 Å². The molecule has 25 heavy (non-hydrogen) atoms. The van der Waals surface area contributed by atoms with Crippen LogP contribution in [0.3, 0.4) is 0 Å². The molecule has 4 aromatic rings. The molecule has 0 fully saturated rings. The maximum Gasteiger partial charge on any atom is 0.157 e. The Labute approximate surface area is 148 Å². The Hall–Kier alpha value is -3.00. The van der Waals surface area contributed by atoms with Crippen LogP contribution in [0, 0.1) is 0 Å². The van der Waals surface area contributed by atoms with Gasteiger partial charge in [0.05, 0.1) is 36.9 Å². The predicted molar refractivity (Wildman–Crippen MR) is 98.1 cm³/mol. The first-order valence-corrected chi connectivity index (χ1v) is 8.45. The molecule has 0 radical (unpaired) electrons. The zero-order valence-corrected chi connectivity index (χ0v) is 14.6. The summed E-state index contributed by atoms with van der Waals surface area (Å²) in [5.74, 6) is 1.44. The molecule has 0 aliphatic rings. The van der Waals surface area contributed by atoms with Gasteiger partial charge >= 0.3 is 0 Å². The summed E-state index contributed by atoms with van der Waals surface area (Å²) in [5.41, 5.74) is 2.09. The smallest absolute Gasteiger partial charge is 0.157 e. The van der Waals surface area contributed by atoms with E-state index in [4.69, 9.17) is 4.74 Å². The summed E-state index contributed by atoms with van der Waals surface area (Å²) < 4.78 is 12.1. The summed E-state index contributed by atoms with van der Waals surface area (Å²) in [6.45, 7) is 0. The first-order chi connectivity index (χ1) is 12.2. The number of hydrogen-bond acceptors (Lipinski definition) is 6. The van der Waals surface area contributed by atoms with Gasteiger partial charge in [0.25, 0.3) is 0 Å². The Morgan fingerprint density at radius 3 is 2.76 bits per heavy atom. The van der Waals surface area contributed by atoms with Crippen LogP contribution in [0.5, 0.6) is 5.75 Å². The van der Waals surface area contributed by atoms with Crippen molar-refractivity contribution >= 4 is 28.5 Å². The fourth-order valence-electron chi connectivity index (χ4n) is 2.53. The summed E-state index contributed by atoms with van der Waals surface area (Å²) in [6.07, 6.45) is 7.11. The highest BCUT2D eigenvalue weighted by Crippen LogP contribution is 2.27. The summed E-state index contributed by atoms with van der Waals surface area (Å²) in [6, 6.07) is 10.0. The zero-order chi connectivity index (χ0) is 17.2. The summed E-state index contributed by atoms with van der Waals surface area (Å²) in [5, 5.41) is 9.62. The predicted octanol–water partition coefficient (Wildman–Crippen LogP) is 3.28. The molecule has 0 aliphatic heterocycles. The third-order valence-electron chi connectivity index (χ3n) is 3.79. The number of nitrogens with one attached hydrogen (secondary N) is 1. The molecule has 0 unspecified atom stereocenters. The van der Waals surface area contributed by atoms with Gasteiger partial charge in [-0.1, -0.05) is 12.1 Å². The van der Waals surface area contributed by atoms with Gasteiger partial charge in [-0.25, -0.2) is 9.67 Å². The van der Waals surface area contributed by atoms with Crippen molar-refractivity contribution in [3.05, 3.63) is 55.1 Å². The minimum absolute atomic E-state index is 0.700. The fraction of sp³-hybridized carbons (Fsp3) is 0.118. The molecule has 0 saturated carbocycles. The monoisotopic (exact) mass is 352 g/mol. The first-order valence-electron chi connectivity index (χ1n) is 7.63. The molecule has 0 saturated heterocycles. The van der Waals surface area contributed by atoms with Crippen LogP contribution in [0.1, 0.15) is 0 Å². The van der Waals surface area contributed by atoms with E-state index in [0.717, 1.165) is 27.3 Å². The van der Waals surface area contributed by atoms with Crippen LogP contribution in [0.15, 0.2) is 60.0 Å². The van der Waals surface area contributed by atoms with E-state index in [1.165, 1.54) is 11.9 Å². The van der Waals surface area contributed by atoms with Crippen LogP contribution in [-0.4, -0.2) is 31.7 Å². The van der Waals surface area contributed by atoms with E-state index in [1.54, 1.807) is 24.2 Å². The lowest BCUT2D eigenvalue weighted by atomic mass is 10.2. The van der Waals surface area contributed by atoms with E-state index < -0.39 is 0 Å². The molecule has 3 heterocycles. The quantitative estimate of drug-likeness (QED) is 0.556. The first kappa shape index (κ1) is 15.5. The minimum Gasteiger partial charge on any atom is -0.493 e. The number of pyridine rings is 1. The van der Waals surface area contributed by atoms with Gasteiger partial charge in [0.1, 0.15) is 0 Å². The van der Waals surface area contributed by atoms with E-state index in [9.17, 15) is 0 Å². The van der Waals surface area contributed by atoms with Crippen molar-refractivity contribution in [2.24, 2.45) is 7.05 Å². The standard InChI is InChI=1S/C17H16N6OS/c1-22-17-12(8-19-22)4-3-5-15(17)21-25-14-6-7-16(18-10-14)23-11-13(24-2)9-20-23/h3-11,21H,1-2H3. The summed E-state index contributed by atoms with van der Waals surface area (Å²) in [4.78, 5) is 5.45. The Kier molecular flexibility index (Phi) is 4.02. The average Bonchev–Trinajstić information content (AvgIpc) is 3.28. The highest BCUT2D eigenvalue weighted by Gasteiger charge is 2.07. The average molecular weight is 352 g/mol. The second-order valence-electron chi connectivity index (χ2n) is 5.39. The number of benzene rings is 1. The third kappa shape index (κ3) is 3.03. The molecular weight excluding hydrogens is 336 g/mol. The second-order valence-corrected chi connectivity index (χ2v) is 6.27. The van der Waals surface area contributed by atoms with E-state index in [-0.39, 0.29) is 0 Å². The number of anilines is 1. The van der Waals surface area contributed by atoms with Crippen LogP contribution >= 0.6 is 11.9 Å². The van der Waals surface area contributed by atoms with Gasteiger partial charge in [0.15, 0.2) is 11.6 Å². The number of methoxy groups -OCH3 is 1. The summed E-state index contributed by atoms with van der Waals surface area (Å²) in [7, 11) is 3.55. The third-order valence-corrected chi connectivity index (χ3v) is 4.59. The van der Waals surface area contributed by atoms with Crippen LogP contribution in [0.4, 0.5) is 5.69 Å². The van der Waals surface area contributed by atoms with Crippen LogP contribution in [0.2, 0.25) is 0 Å². The van der Waals surface area contributed by atoms with Gasteiger partial charge in [-0.15, -0.1) is 0 Å². The molecule has 4 rings (SSSR count). The summed E-state index contributed by atoms with van der Waals surface area (Å²) >= 11 is 1.51. The molecule has 0 bridgehead atoms. The van der Waals surface area contributed by atoms with Gasteiger partial charge in [-0.05, 0) is 30.1 Å². The Morgan fingerprint density at radius 1 is 1.08 bits per heavy atom. The molecule has 1 N–H and O–H groups in total. The SMILES string of the molecule is COc1cnn(-c2ccc(SNc3cccc4cnn(C)c34)cn2)c1. The molecule has 7 nitrogen and oxygen atoms in total. The van der Waals surface area contributed by atoms with Gasteiger partial charge in [-0.3, -0.25) is 4.68 Å². The molecule has 8 heteroatoms. The molecule has 0 spiro atoms. The topological polar surface area (TPSA) is 69.8 Å². The lowest BCUT2D eigenvalue weighted by Gasteiger charge is -2.08. The van der Waals surface area contributed by atoms with E-state index in [2.05, 4.69) is 19.9 Å². The lowest BCUT2D eigenvalue weighted by molar-refractivity contribution is 0.414. The number of para-hydroxylation sites is 1. The number of rotatable bonds is 5. The molecular formula is C17H16N6OS. The van der Waals surface area contributed by atoms with Gasteiger partial charge in [-0.2, -0.15) is 10.2 Å². The molecule has 0 amide bonds. The lowest BCUT2D eigenvalue weighted by Crippen LogP contribution is -1.98. The normalized spacial score (nSPS) is 11.0.